The molecule has 32 heavy (non-hydrogen) atoms. The molecule has 2 atom stereocenters. The van der Waals surface area contributed by atoms with Gasteiger partial charge in [0.05, 0.1) is 23.7 Å². The minimum Gasteiger partial charge on any atom is -0.462 e. The van der Waals surface area contributed by atoms with Crippen LogP contribution in [0.1, 0.15) is 20.8 Å². The van der Waals surface area contributed by atoms with Crippen molar-refractivity contribution in [3.8, 4) is 0 Å². The fourth-order valence-corrected chi connectivity index (χ4v) is 4.37. The zero-order chi connectivity index (χ0) is 24.6. The average Bonchev–Trinajstić information content (AvgIpc) is 3.17. The number of fused-ring (bicyclic) bond motifs is 1. The summed E-state index contributed by atoms with van der Waals surface area (Å²) in [6, 6.07) is 2.28. The third kappa shape index (κ3) is 6.10. The Morgan fingerprint density at radius 3 is 2.25 bits per heavy atom. The number of carbonyl (C=O) groups is 1. The highest BCUT2D eigenvalue weighted by Gasteiger charge is 2.57. The Kier molecular flexibility index (Phi) is 7.22. The van der Waals surface area contributed by atoms with Gasteiger partial charge < -0.3 is 14.8 Å². The minimum absolute atomic E-state index is 0.0576. The number of primary sulfonamides is 1. The van der Waals surface area contributed by atoms with Gasteiger partial charge in [-0.25, -0.2) is 22.0 Å². The molecule has 0 spiro atoms. The van der Waals surface area contributed by atoms with E-state index in [0.717, 1.165) is 12.1 Å². The van der Waals surface area contributed by atoms with Crippen molar-refractivity contribution in [2.75, 3.05) is 31.6 Å². The number of nitrogens with zero attached hydrogens (tertiary/aromatic N) is 1. The first kappa shape index (κ1) is 26.3. The SMILES string of the molecule is CC(C)(C)OC=O.NS(=O)(=O)c1ccc(NCC23CN2CCO3)c(S(=O)(=O)C(F)(F)F)c1. The smallest absolute Gasteiger partial charge is 0.462 e. The molecule has 182 valence electrons. The van der Waals surface area contributed by atoms with Crippen molar-refractivity contribution in [2.45, 2.75) is 47.4 Å². The molecule has 0 aromatic heterocycles. The lowest BCUT2D eigenvalue weighted by molar-refractivity contribution is -0.138. The van der Waals surface area contributed by atoms with Crippen LogP contribution in [0, 0.1) is 0 Å². The van der Waals surface area contributed by atoms with Gasteiger partial charge in [0.2, 0.25) is 10.0 Å². The maximum absolute atomic E-state index is 12.9. The molecule has 2 saturated heterocycles. The highest BCUT2D eigenvalue weighted by atomic mass is 32.2. The third-order valence-electron chi connectivity index (χ3n) is 4.48. The number of halogens is 3. The fourth-order valence-electron chi connectivity index (χ4n) is 2.80. The van der Waals surface area contributed by atoms with E-state index < -0.39 is 40.9 Å². The molecule has 0 saturated carbocycles. The van der Waals surface area contributed by atoms with E-state index in [1.54, 1.807) is 0 Å². The summed E-state index contributed by atoms with van der Waals surface area (Å²) in [6.07, 6.45) is 0. The normalized spacial score (nSPS) is 22.9. The quantitative estimate of drug-likeness (QED) is 0.430. The zero-order valence-corrected chi connectivity index (χ0v) is 19.1. The number of nitrogens with two attached hydrogens (primary N) is 1. The van der Waals surface area contributed by atoms with E-state index in [0.29, 0.717) is 32.2 Å². The molecule has 3 rings (SSSR count). The summed E-state index contributed by atoms with van der Waals surface area (Å²) in [6.45, 7) is 7.71. The van der Waals surface area contributed by atoms with Gasteiger partial charge in [-0.1, -0.05) is 0 Å². The number of sulfonamides is 1. The number of ether oxygens (including phenoxy) is 2. The van der Waals surface area contributed by atoms with Crippen molar-refractivity contribution >= 4 is 32.0 Å². The van der Waals surface area contributed by atoms with E-state index in [1.165, 1.54) is 0 Å². The molecule has 2 unspecified atom stereocenters. The zero-order valence-electron chi connectivity index (χ0n) is 17.5. The van der Waals surface area contributed by atoms with Crippen LogP contribution in [0.2, 0.25) is 0 Å². The number of rotatable bonds is 6. The van der Waals surface area contributed by atoms with Crippen molar-refractivity contribution < 1.29 is 44.3 Å². The van der Waals surface area contributed by atoms with E-state index in [-0.39, 0.29) is 17.8 Å². The van der Waals surface area contributed by atoms with Crippen LogP contribution in [0.25, 0.3) is 0 Å². The summed E-state index contributed by atoms with van der Waals surface area (Å²) in [5.74, 6) is 0. The second kappa shape index (κ2) is 8.78. The predicted octanol–water partition coefficient (Wildman–Crippen LogP) is 1.04. The van der Waals surface area contributed by atoms with Gasteiger partial charge >= 0.3 is 5.51 Å². The highest BCUT2D eigenvalue weighted by molar-refractivity contribution is 7.92. The lowest BCUT2D eigenvalue weighted by Crippen LogP contribution is -2.29. The van der Waals surface area contributed by atoms with Crippen LogP contribution >= 0.6 is 0 Å². The Morgan fingerprint density at radius 2 is 1.88 bits per heavy atom. The Bertz CT molecular complexity index is 1070. The number of sulfone groups is 1. The number of alkyl halides is 3. The number of benzene rings is 1. The number of carbonyl (C=O) groups excluding carboxylic acids is 1. The Hall–Kier alpha value is -1.94. The van der Waals surface area contributed by atoms with Crippen molar-refractivity contribution in [2.24, 2.45) is 5.14 Å². The van der Waals surface area contributed by atoms with Crippen LogP contribution in [0.4, 0.5) is 18.9 Å². The van der Waals surface area contributed by atoms with Gasteiger partial charge in [-0.2, -0.15) is 13.2 Å². The summed E-state index contributed by atoms with van der Waals surface area (Å²) in [4.78, 5) is 9.59. The maximum Gasteiger partial charge on any atom is 0.501 e. The maximum atomic E-state index is 12.9. The lowest BCUT2D eigenvalue weighted by atomic mass is 10.2. The summed E-state index contributed by atoms with van der Waals surface area (Å²) < 4.78 is 95.1. The van der Waals surface area contributed by atoms with Crippen LogP contribution < -0.4 is 10.5 Å². The number of hydrogen-bond acceptors (Lipinski definition) is 9. The van der Waals surface area contributed by atoms with Gasteiger partial charge in [0.1, 0.15) is 10.5 Å². The first-order chi connectivity index (χ1) is 14.4. The van der Waals surface area contributed by atoms with E-state index in [2.05, 4.69) is 10.1 Å². The molecule has 1 aromatic carbocycles. The molecule has 0 amide bonds. The molecule has 2 heterocycles. The number of nitrogens with one attached hydrogen (secondary N) is 1. The van der Waals surface area contributed by atoms with Crippen molar-refractivity contribution in [1.29, 1.82) is 0 Å². The molecule has 3 N–H and O–H groups in total. The summed E-state index contributed by atoms with van der Waals surface area (Å²) in [7, 11) is -10.2. The topological polar surface area (TPSA) is 145 Å². The molecule has 0 radical (unpaired) electrons. The molecule has 0 aliphatic carbocycles. The van der Waals surface area contributed by atoms with Gasteiger partial charge in [-0.05, 0) is 39.0 Å². The Labute approximate surface area is 183 Å². The molecule has 2 fully saturated rings. The molecular weight excluding hydrogens is 479 g/mol. The van der Waals surface area contributed by atoms with E-state index >= 15 is 0 Å². The number of anilines is 1. The second-order valence-corrected chi connectivity index (χ2v) is 11.5. The Balaban J connectivity index is 0.000000451. The largest absolute Gasteiger partial charge is 0.501 e. The molecule has 2 aliphatic rings. The molecule has 15 heteroatoms. The summed E-state index contributed by atoms with van der Waals surface area (Å²) >= 11 is 0. The molecule has 10 nitrogen and oxygen atoms in total. The minimum atomic E-state index is -5.78. The summed E-state index contributed by atoms with van der Waals surface area (Å²) in [5, 5.41) is 7.49. The third-order valence-corrected chi connectivity index (χ3v) is 6.91. The second-order valence-electron chi connectivity index (χ2n) is 8.05. The van der Waals surface area contributed by atoms with E-state index in [4.69, 9.17) is 9.88 Å². The first-order valence-electron chi connectivity index (χ1n) is 9.15. The fraction of sp³-hybridized carbons (Fsp3) is 0.588. The van der Waals surface area contributed by atoms with Gasteiger partial charge in [-0.3, -0.25) is 9.69 Å². The molecule has 2 aliphatic heterocycles. The summed E-state index contributed by atoms with van der Waals surface area (Å²) in [5.41, 5.74) is -6.94. The van der Waals surface area contributed by atoms with Gasteiger partial charge in [-0.15, -0.1) is 0 Å². The first-order valence-corrected chi connectivity index (χ1v) is 12.2. The van der Waals surface area contributed by atoms with Gasteiger partial charge in [0, 0.05) is 13.1 Å². The lowest BCUT2D eigenvalue weighted by Gasteiger charge is -2.18. The Morgan fingerprint density at radius 1 is 1.25 bits per heavy atom. The van der Waals surface area contributed by atoms with E-state index in [9.17, 15) is 34.8 Å². The van der Waals surface area contributed by atoms with Crippen molar-refractivity contribution in [1.82, 2.24) is 4.90 Å². The number of hydrogen-bond donors (Lipinski definition) is 2. The van der Waals surface area contributed by atoms with Crippen LogP contribution in [0.5, 0.6) is 0 Å². The van der Waals surface area contributed by atoms with Gasteiger partial charge in [0.15, 0.2) is 5.72 Å². The van der Waals surface area contributed by atoms with Gasteiger partial charge in [0.25, 0.3) is 16.3 Å². The molecule has 0 bridgehead atoms. The van der Waals surface area contributed by atoms with Crippen LogP contribution in [0.3, 0.4) is 0 Å². The standard InChI is InChI=1S/C12H14F3N3O5S2.C5H10O2/c13-12(14,15)24(19,20)10-5-8(25(16,21)22)1-2-9(10)17-6-11-7-18(11)3-4-23-11;1-5(2,3)7-4-6/h1-2,5,17H,3-4,6-7H2,(H2,16,21,22);4H,1-3H3. The van der Waals surface area contributed by atoms with Crippen molar-refractivity contribution in [3.63, 3.8) is 0 Å². The van der Waals surface area contributed by atoms with E-state index in [1.807, 2.05) is 25.7 Å². The number of morpholine rings is 1. The average molecular weight is 504 g/mol. The van der Waals surface area contributed by atoms with Crippen LogP contribution in [-0.2, 0) is 34.1 Å². The molecule has 1 aromatic rings. The molecular formula is C17H24F3N3O7S2. The van der Waals surface area contributed by atoms with Crippen LogP contribution in [0.15, 0.2) is 28.0 Å². The van der Waals surface area contributed by atoms with Crippen LogP contribution in [-0.4, -0.2) is 71.3 Å². The predicted molar refractivity (Wildman–Crippen MR) is 107 cm³/mol. The highest BCUT2D eigenvalue weighted by Crippen LogP contribution is 2.40. The van der Waals surface area contributed by atoms with Crippen molar-refractivity contribution in [3.05, 3.63) is 18.2 Å². The monoisotopic (exact) mass is 503 g/mol.